The van der Waals surface area contributed by atoms with Gasteiger partial charge in [-0.05, 0) is 30.5 Å². The number of rotatable bonds is 6. The normalized spacial score (nSPS) is 23.0. The molecule has 2 atom stereocenters. The molecule has 2 aliphatic rings. The van der Waals surface area contributed by atoms with E-state index in [0.717, 1.165) is 25.7 Å². The summed E-state index contributed by atoms with van der Waals surface area (Å²) < 4.78 is 0. The molecule has 24 heavy (non-hydrogen) atoms. The lowest BCUT2D eigenvalue weighted by molar-refractivity contribution is -0.122. The minimum Gasteiger partial charge on any atom is -0.355 e. The lowest BCUT2D eigenvalue weighted by atomic mass is 10.1. The van der Waals surface area contributed by atoms with E-state index in [1.165, 1.54) is 12.8 Å². The Morgan fingerprint density at radius 3 is 2.75 bits per heavy atom. The third-order valence-corrected chi connectivity index (χ3v) is 4.69. The van der Waals surface area contributed by atoms with Crippen LogP contribution in [0.3, 0.4) is 0 Å². The molecule has 1 aliphatic heterocycles. The van der Waals surface area contributed by atoms with Gasteiger partial charge in [-0.25, -0.2) is 0 Å². The van der Waals surface area contributed by atoms with Crippen LogP contribution in [0, 0.1) is 0 Å². The van der Waals surface area contributed by atoms with Gasteiger partial charge in [-0.1, -0.05) is 54.0 Å². The van der Waals surface area contributed by atoms with E-state index in [4.69, 9.17) is 28.7 Å². The van der Waals surface area contributed by atoms with Gasteiger partial charge in [0.1, 0.15) is 10.7 Å². The molecule has 1 unspecified atom stereocenters. The third kappa shape index (κ3) is 5.91. The number of carbonyl (C=O) groups is 1. The van der Waals surface area contributed by atoms with Crippen molar-refractivity contribution < 1.29 is 4.79 Å². The van der Waals surface area contributed by atoms with Crippen LogP contribution in [-0.4, -0.2) is 30.0 Å². The Hall–Kier alpha value is -1.40. The molecule has 1 saturated carbocycles. The molecule has 1 heterocycles. The molecule has 9 heteroatoms. The number of azide groups is 1. The number of amides is 1. The summed E-state index contributed by atoms with van der Waals surface area (Å²) in [5.74, 6) is -0.278. The van der Waals surface area contributed by atoms with Crippen molar-refractivity contribution in [2.24, 2.45) is 5.11 Å². The first-order chi connectivity index (χ1) is 11.6. The summed E-state index contributed by atoms with van der Waals surface area (Å²) in [5.41, 5.74) is 8.62. The van der Waals surface area contributed by atoms with Crippen LogP contribution in [0.25, 0.3) is 10.4 Å². The van der Waals surface area contributed by atoms with E-state index in [0.29, 0.717) is 5.70 Å². The Kier molecular flexibility index (Phi) is 7.72. The highest BCUT2D eigenvalue weighted by atomic mass is 35.5. The standard InChI is InChI=1S/C15H22Cl2N6O/c16-13-8-7-11(14(17)22-13)21-15(24)12(9-19-23-18)20-10-5-3-1-2-4-6-10/h7-8,10,12-13,20,22H,1-6,9H2,(H,21,24)/t12-,13?/m1/s1. The highest BCUT2D eigenvalue weighted by molar-refractivity contribution is 6.31. The van der Waals surface area contributed by atoms with Crippen molar-refractivity contribution in [3.05, 3.63) is 33.4 Å². The van der Waals surface area contributed by atoms with Crippen molar-refractivity contribution in [1.29, 1.82) is 0 Å². The molecule has 0 bridgehead atoms. The van der Waals surface area contributed by atoms with E-state index in [1.54, 1.807) is 12.2 Å². The van der Waals surface area contributed by atoms with Crippen molar-refractivity contribution in [3.63, 3.8) is 0 Å². The summed E-state index contributed by atoms with van der Waals surface area (Å²) in [6.07, 6.45) is 10.1. The first kappa shape index (κ1) is 18.9. The van der Waals surface area contributed by atoms with Crippen LogP contribution in [0.1, 0.15) is 38.5 Å². The quantitative estimate of drug-likeness (QED) is 0.166. The molecule has 0 spiro atoms. The van der Waals surface area contributed by atoms with Gasteiger partial charge in [0.25, 0.3) is 0 Å². The van der Waals surface area contributed by atoms with Gasteiger partial charge >= 0.3 is 0 Å². The average Bonchev–Trinajstić information content (AvgIpc) is 2.82. The lowest BCUT2D eigenvalue weighted by Gasteiger charge is -2.24. The van der Waals surface area contributed by atoms with Crippen LogP contribution in [0.2, 0.25) is 0 Å². The van der Waals surface area contributed by atoms with Crippen LogP contribution in [-0.2, 0) is 4.79 Å². The van der Waals surface area contributed by atoms with Gasteiger partial charge in [0, 0.05) is 11.0 Å². The second-order valence-corrected chi connectivity index (χ2v) is 6.79. The predicted molar refractivity (Wildman–Crippen MR) is 95.4 cm³/mol. The predicted octanol–water partition coefficient (Wildman–Crippen LogP) is 3.23. The van der Waals surface area contributed by atoms with Crippen molar-refractivity contribution >= 4 is 29.1 Å². The number of nitrogens with one attached hydrogen (secondary N) is 3. The summed E-state index contributed by atoms with van der Waals surface area (Å²) in [5, 5.41) is 12.7. The molecule has 2 rings (SSSR count). The fourth-order valence-corrected chi connectivity index (χ4v) is 3.34. The topological polar surface area (TPSA) is 102 Å². The molecule has 0 radical (unpaired) electrons. The van der Waals surface area contributed by atoms with Gasteiger partial charge in [0.05, 0.1) is 18.3 Å². The molecule has 1 aliphatic carbocycles. The van der Waals surface area contributed by atoms with E-state index in [2.05, 4.69) is 26.0 Å². The minimum atomic E-state index is -0.594. The highest BCUT2D eigenvalue weighted by Gasteiger charge is 2.24. The molecular weight excluding hydrogens is 351 g/mol. The molecule has 3 N–H and O–H groups in total. The fraction of sp³-hybridized carbons (Fsp3) is 0.667. The van der Waals surface area contributed by atoms with Crippen molar-refractivity contribution in [1.82, 2.24) is 16.0 Å². The lowest BCUT2D eigenvalue weighted by Crippen LogP contribution is -2.50. The first-order valence-electron chi connectivity index (χ1n) is 8.16. The Labute approximate surface area is 151 Å². The van der Waals surface area contributed by atoms with Gasteiger partial charge in [-0.15, -0.1) is 0 Å². The first-order valence-corrected chi connectivity index (χ1v) is 8.98. The minimum absolute atomic E-state index is 0.0546. The zero-order valence-corrected chi connectivity index (χ0v) is 14.9. The smallest absolute Gasteiger partial charge is 0.241 e. The molecule has 0 aromatic carbocycles. The number of alkyl halides is 1. The molecule has 1 fully saturated rings. The van der Waals surface area contributed by atoms with E-state index in [1.807, 2.05) is 0 Å². The molecular formula is C15H22Cl2N6O. The SMILES string of the molecule is [N-]=[N+]=NC[C@@H](NC1CCCCCC1)C(=O)NC1=C(Cl)NC(Cl)C=C1. The molecule has 1 amide bonds. The molecule has 0 saturated heterocycles. The van der Waals surface area contributed by atoms with Crippen LogP contribution < -0.4 is 16.0 Å². The van der Waals surface area contributed by atoms with E-state index in [-0.39, 0.29) is 23.6 Å². The third-order valence-electron chi connectivity index (χ3n) is 4.13. The number of hydrogen-bond acceptors (Lipinski definition) is 4. The van der Waals surface area contributed by atoms with E-state index in [9.17, 15) is 4.79 Å². The van der Waals surface area contributed by atoms with Crippen molar-refractivity contribution in [2.45, 2.75) is 56.1 Å². The zero-order chi connectivity index (χ0) is 17.4. The van der Waals surface area contributed by atoms with Crippen LogP contribution >= 0.6 is 23.2 Å². The van der Waals surface area contributed by atoms with Gasteiger partial charge in [-0.2, -0.15) is 0 Å². The van der Waals surface area contributed by atoms with Crippen LogP contribution in [0.4, 0.5) is 0 Å². The maximum atomic E-state index is 12.6. The van der Waals surface area contributed by atoms with Gasteiger partial charge < -0.3 is 16.0 Å². The van der Waals surface area contributed by atoms with E-state index < -0.39 is 11.5 Å². The fourth-order valence-electron chi connectivity index (χ4n) is 2.88. The Morgan fingerprint density at radius 2 is 2.12 bits per heavy atom. The zero-order valence-electron chi connectivity index (χ0n) is 13.3. The molecule has 0 aromatic rings. The summed E-state index contributed by atoms with van der Waals surface area (Å²) >= 11 is 12.0. The van der Waals surface area contributed by atoms with Gasteiger partial charge in [0.15, 0.2) is 0 Å². The monoisotopic (exact) mass is 372 g/mol. The molecule has 132 valence electrons. The second-order valence-electron chi connectivity index (χ2n) is 5.94. The Morgan fingerprint density at radius 1 is 1.42 bits per heavy atom. The summed E-state index contributed by atoms with van der Waals surface area (Å²) in [4.78, 5) is 15.3. The van der Waals surface area contributed by atoms with Crippen LogP contribution in [0.15, 0.2) is 28.1 Å². The van der Waals surface area contributed by atoms with Crippen molar-refractivity contribution in [3.8, 4) is 0 Å². The number of nitrogens with zero attached hydrogens (tertiary/aromatic N) is 3. The summed E-state index contributed by atoms with van der Waals surface area (Å²) in [6.45, 7) is 0.0546. The Balaban J connectivity index is 2.00. The van der Waals surface area contributed by atoms with Crippen LogP contribution in [0.5, 0.6) is 0 Å². The Bertz CT molecular complexity index is 550. The average molecular weight is 373 g/mol. The second kappa shape index (κ2) is 9.79. The molecule has 0 aromatic heterocycles. The number of carbonyl (C=O) groups excluding carboxylic acids is 1. The number of dihydropyridines is 1. The largest absolute Gasteiger partial charge is 0.355 e. The highest BCUT2D eigenvalue weighted by Crippen LogP contribution is 2.18. The van der Waals surface area contributed by atoms with Crippen molar-refractivity contribution in [2.75, 3.05) is 6.54 Å². The number of halogens is 2. The molecule has 7 nitrogen and oxygen atoms in total. The maximum absolute atomic E-state index is 12.6. The van der Waals surface area contributed by atoms with E-state index >= 15 is 0 Å². The maximum Gasteiger partial charge on any atom is 0.241 e. The van der Waals surface area contributed by atoms with Gasteiger partial charge in [0.2, 0.25) is 5.91 Å². The summed E-state index contributed by atoms with van der Waals surface area (Å²) in [7, 11) is 0. The number of allylic oxidation sites excluding steroid dienone is 1. The number of hydrogen-bond donors (Lipinski definition) is 3. The van der Waals surface area contributed by atoms with Gasteiger partial charge in [-0.3, -0.25) is 4.79 Å². The summed E-state index contributed by atoms with van der Waals surface area (Å²) in [6, 6.07) is -0.336.